The van der Waals surface area contributed by atoms with Crippen LogP contribution < -0.4 is 0 Å². The van der Waals surface area contributed by atoms with E-state index >= 15 is 0 Å². The van der Waals surface area contributed by atoms with Crippen LogP contribution in [0.2, 0.25) is 0 Å². The van der Waals surface area contributed by atoms with Gasteiger partial charge in [0.2, 0.25) is 0 Å². The molecule has 0 atom stereocenters. The van der Waals surface area contributed by atoms with E-state index in [-0.39, 0.29) is 0 Å². The standard InChI is InChI=1S/C11H13N3/c1-8(2)5-9-3-4-11-10(6-9)7-12-14-13-11/h3-4,6-8H,5H2,1-2H3. The van der Waals surface area contributed by atoms with Crippen molar-refractivity contribution in [3.63, 3.8) is 0 Å². The Bertz CT molecular complexity index is 437. The highest BCUT2D eigenvalue weighted by atomic mass is 15.3. The zero-order valence-electron chi connectivity index (χ0n) is 8.44. The summed E-state index contributed by atoms with van der Waals surface area (Å²) >= 11 is 0. The van der Waals surface area contributed by atoms with Gasteiger partial charge >= 0.3 is 0 Å². The molecule has 0 amide bonds. The zero-order chi connectivity index (χ0) is 9.97. The molecule has 1 aromatic carbocycles. The molecule has 0 saturated carbocycles. The first-order chi connectivity index (χ1) is 6.75. The van der Waals surface area contributed by atoms with Crippen LogP contribution in [0.3, 0.4) is 0 Å². The lowest BCUT2D eigenvalue weighted by Crippen LogP contribution is -1.94. The summed E-state index contributed by atoms with van der Waals surface area (Å²) in [6.07, 6.45) is 2.85. The number of hydrogen-bond donors (Lipinski definition) is 0. The molecule has 0 spiro atoms. The second-order valence-electron chi connectivity index (χ2n) is 3.93. The summed E-state index contributed by atoms with van der Waals surface area (Å²) < 4.78 is 0. The summed E-state index contributed by atoms with van der Waals surface area (Å²) in [6, 6.07) is 6.25. The van der Waals surface area contributed by atoms with Crippen LogP contribution in [-0.2, 0) is 6.42 Å². The van der Waals surface area contributed by atoms with Crippen molar-refractivity contribution in [2.45, 2.75) is 20.3 Å². The summed E-state index contributed by atoms with van der Waals surface area (Å²) in [5.74, 6) is 0.676. The molecule has 14 heavy (non-hydrogen) atoms. The van der Waals surface area contributed by atoms with Gasteiger partial charge in [0.15, 0.2) is 0 Å². The van der Waals surface area contributed by atoms with Crippen LogP contribution in [0.25, 0.3) is 10.9 Å². The van der Waals surface area contributed by atoms with Gasteiger partial charge in [0.05, 0.1) is 11.7 Å². The van der Waals surface area contributed by atoms with Crippen LogP contribution in [0, 0.1) is 5.92 Å². The molecule has 72 valence electrons. The summed E-state index contributed by atoms with van der Waals surface area (Å²) in [6.45, 7) is 4.43. The van der Waals surface area contributed by atoms with Gasteiger partial charge in [-0.3, -0.25) is 0 Å². The molecule has 0 unspecified atom stereocenters. The van der Waals surface area contributed by atoms with E-state index in [4.69, 9.17) is 0 Å². The normalized spacial score (nSPS) is 11.1. The molecule has 0 bridgehead atoms. The number of benzene rings is 1. The third-order valence-corrected chi connectivity index (χ3v) is 2.14. The molecule has 0 aliphatic carbocycles. The van der Waals surface area contributed by atoms with Crippen molar-refractivity contribution >= 4 is 10.9 Å². The fraction of sp³-hybridized carbons (Fsp3) is 0.364. The zero-order valence-corrected chi connectivity index (χ0v) is 8.44. The van der Waals surface area contributed by atoms with Crippen LogP contribution in [0.1, 0.15) is 19.4 Å². The average Bonchev–Trinajstić information content (AvgIpc) is 2.17. The molecule has 2 aromatic rings. The minimum Gasteiger partial charge on any atom is -0.138 e. The lowest BCUT2D eigenvalue weighted by Gasteiger charge is -2.04. The SMILES string of the molecule is CC(C)Cc1ccc2nnncc2c1. The van der Waals surface area contributed by atoms with Crippen molar-refractivity contribution in [2.75, 3.05) is 0 Å². The molecule has 0 N–H and O–H groups in total. The van der Waals surface area contributed by atoms with Gasteiger partial charge < -0.3 is 0 Å². The Morgan fingerprint density at radius 3 is 2.93 bits per heavy atom. The molecule has 0 fully saturated rings. The molecule has 1 heterocycles. The predicted octanol–water partition coefficient (Wildman–Crippen LogP) is 2.22. The first kappa shape index (κ1) is 9.06. The second-order valence-corrected chi connectivity index (χ2v) is 3.93. The fourth-order valence-corrected chi connectivity index (χ4v) is 1.56. The quantitative estimate of drug-likeness (QED) is 0.723. The van der Waals surface area contributed by atoms with Gasteiger partial charge in [-0.15, -0.1) is 10.2 Å². The van der Waals surface area contributed by atoms with Crippen LogP contribution in [-0.4, -0.2) is 15.4 Å². The molecule has 0 aliphatic heterocycles. The summed E-state index contributed by atoms with van der Waals surface area (Å²) in [5.41, 5.74) is 2.25. The van der Waals surface area contributed by atoms with Crippen molar-refractivity contribution in [3.05, 3.63) is 30.0 Å². The highest BCUT2D eigenvalue weighted by molar-refractivity contribution is 5.77. The largest absolute Gasteiger partial charge is 0.138 e. The molecule has 0 aliphatic rings. The van der Waals surface area contributed by atoms with E-state index in [0.717, 1.165) is 17.3 Å². The first-order valence-electron chi connectivity index (χ1n) is 4.83. The molecule has 0 radical (unpaired) electrons. The van der Waals surface area contributed by atoms with Crippen LogP contribution >= 0.6 is 0 Å². The highest BCUT2D eigenvalue weighted by Gasteiger charge is 2.00. The maximum absolute atomic E-state index is 3.94. The van der Waals surface area contributed by atoms with Gasteiger partial charge in [0.25, 0.3) is 0 Å². The molecule has 2 rings (SSSR count). The number of fused-ring (bicyclic) bond motifs is 1. The van der Waals surface area contributed by atoms with Crippen molar-refractivity contribution < 1.29 is 0 Å². The van der Waals surface area contributed by atoms with Crippen LogP contribution in [0.5, 0.6) is 0 Å². The number of rotatable bonds is 2. The van der Waals surface area contributed by atoms with E-state index in [9.17, 15) is 0 Å². The smallest absolute Gasteiger partial charge is 0.0963 e. The average molecular weight is 187 g/mol. The van der Waals surface area contributed by atoms with Crippen molar-refractivity contribution in [2.24, 2.45) is 5.92 Å². The maximum atomic E-state index is 3.94. The monoisotopic (exact) mass is 187 g/mol. The first-order valence-corrected chi connectivity index (χ1v) is 4.83. The Hall–Kier alpha value is -1.51. The van der Waals surface area contributed by atoms with Gasteiger partial charge in [-0.2, -0.15) is 0 Å². The minimum absolute atomic E-state index is 0.676. The molecule has 0 saturated heterocycles. The molecule has 1 aromatic heterocycles. The third-order valence-electron chi connectivity index (χ3n) is 2.14. The molecular formula is C11H13N3. The van der Waals surface area contributed by atoms with E-state index in [1.165, 1.54) is 5.56 Å². The predicted molar refractivity (Wildman–Crippen MR) is 55.9 cm³/mol. The van der Waals surface area contributed by atoms with Crippen molar-refractivity contribution in [1.29, 1.82) is 0 Å². The maximum Gasteiger partial charge on any atom is 0.0963 e. The Balaban J connectivity index is 2.41. The Kier molecular flexibility index (Phi) is 2.39. The van der Waals surface area contributed by atoms with E-state index in [1.54, 1.807) is 6.20 Å². The van der Waals surface area contributed by atoms with Crippen LogP contribution in [0.15, 0.2) is 24.4 Å². The Morgan fingerprint density at radius 2 is 2.14 bits per heavy atom. The van der Waals surface area contributed by atoms with Crippen molar-refractivity contribution in [1.82, 2.24) is 15.4 Å². The van der Waals surface area contributed by atoms with E-state index in [1.807, 2.05) is 6.07 Å². The van der Waals surface area contributed by atoms with E-state index in [2.05, 4.69) is 41.4 Å². The topological polar surface area (TPSA) is 38.7 Å². The number of aromatic nitrogens is 3. The van der Waals surface area contributed by atoms with E-state index < -0.39 is 0 Å². The summed E-state index contributed by atoms with van der Waals surface area (Å²) in [7, 11) is 0. The van der Waals surface area contributed by atoms with Crippen molar-refractivity contribution in [3.8, 4) is 0 Å². The lowest BCUT2D eigenvalue weighted by atomic mass is 10.0. The molecule has 3 heteroatoms. The van der Waals surface area contributed by atoms with Gasteiger partial charge in [0.1, 0.15) is 0 Å². The highest BCUT2D eigenvalue weighted by Crippen LogP contribution is 2.14. The van der Waals surface area contributed by atoms with Gasteiger partial charge in [-0.05, 0) is 35.2 Å². The van der Waals surface area contributed by atoms with Gasteiger partial charge in [-0.25, -0.2) is 0 Å². The number of hydrogen-bond acceptors (Lipinski definition) is 3. The minimum atomic E-state index is 0.676. The Labute approximate surface area is 83.2 Å². The Morgan fingerprint density at radius 1 is 1.29 bits per heavy atom. The van der Waals surface area contributed by atoms with Crippen LogP contribution in [0.4, 0.5) is 0 Å². The van der Waals surface area contributed by atoms with Gasteiger partial charge in [-0.1, -0.05) is 19.9 Å². The van der Waals surface area contributed by atoms with Gasteiger partial charge in [0, 0.05) is 5.39 Å². The fourth-order valence-electron chi connectivity index (χ4n) is 1.56. The lowest BCUT2D eigenvalue weighted by molar-refractivity contribution is 0.647. The molecule has 3 nitrogen and oxygen atoms in total. The summed E-state index contributed by atoms with van der Waals surface area (Å²) in [4.78, 5) is 0. The number of nitrogens with zero attached hydrogens (tertiary/aromatic N) is 3. The second kappa shape index (κ2) is 3.70. The van der Waals surface area contributed by atoms with E-state index in [0.29, 0.717) is 5.92 Å². The molecular weight excluding hydrogens is 174 g/mol. The summed E-state index contributed by atoms with van der Waals surface area (Å²) in [5, 5.41) is 12.4. The third kappa shape index (κ3) is 1.87.